The van der Waals surface area contributed by atoms with Crippen LogP contribution in [0.15, 0.2) is 36.4 Å². The van der Waals surface area contributed by atoms with Crippen molar-refractivity contribution in [1.29, 1.82) is 0 Å². The van der Waals surface area contributed by atoms with Crippen LogP contribution < -0.4 is 0 Å². The Bertz CT molecular complexity index is 718. The van der Waals surface area contributed by atoms with E-state index in [-0.39, 0.29) is 27.7 Å². The lowest BCUT2D eigenvalue weighted by Crippen LogP contribution is -2.00. The second kappa shape index (κ2) is 6.08. The lowest BCUT2D eigenvalue weighted by molar-refractivity contribution is -0.130. The first-order valence-electron chi connectivity index (χ1n) is 5.80. The van der Waals surface area contributed by atoms with Crippen LogP contribution in [0.1, 0.15) is 11.1 Å². The molecule has 0 bridgehead atoms. The van der Waals surface area contributed by atoms with Gasteiger partial charge in [0.2, 0.25) is 0 Å². The van der Waals surface area contributed by atoms with Gasteiger partial charge in [-0.05, 0) is 35.9 Å². The third-order valence-corrected chi connectivity index (χ3v) is 3.24. The van der Waals surface area contributed by atoms with Gasteiger partial charge < -0.3 is 15.3 Å². The van der Waals surface area contributed by atoms with E-state index in [0.717, 1.165) is 6.07 Å². The summed E-state index contributed by atoms with van der Waals surface area (Å²) in [6.07, 6.45) is 1.30. The summed E-state index contributed by atoms with van der Waals surface area (Å²) in [5.74, 6) is -1.54. The quantitative estimate of drug-likeness (QED) is 0.588. The summed E-state index contributed by atoms with van der Waals surface area (Å²) in [6.45, 7) is 0. The second-order valence-electron chi connectivity index (χ2n) is 4.27. The number of carboxylic acid groups (broad SMARTS) is 1. The minimum atomic E-state index is -1.19. The molecule has 0 heterocycles. The first kappa shape index (κ1) is 15.2. The van der Waals surface area contributed by atoms with E-state index in [0.29, 0.717) is 10.6 Å². The molecule has 21 heavy (non-hydrogen) atoms. The summed E-state index contributed by atoms with van der Waals surface area (Å²) < 4.78 is 0. The molecule has 0 aliphatic carbocycles. The smallest absolute Gasteiger partial charge is 0.336 e. The molecule has 108 valence electrons. The lowest BCUT2D eigenvalue weighted by atomic mass is 10.0. The number of benzene rings is 2. The van der Waals surface area contributed by atoms with Crippen molar-refractivity contribution in [2.75, 3.05) is 0 Å². The van der Waals surface area contributed by atoms with Crippen molar-refractivity contribution in [3.8, 4) is 11.5 Å². The minimum Gasteiger partial charge on any atom is -0.508 e. The van der Waals surface area contributed by atoms with Gasteiger partial charge in [-0.3, -0.25) is 0 Å². The molecule has 0 amide bonds. The number of halogens is 2. The largest absolute Gasteiger partial charge is 0.508 e. The molecular formula is C15H10Cl2O4. The summed E-state index contributed by atoms with van der Waals surface area (Å²) >= 11 is 11.8. The van der Waals surface area contributed by atoms with Crippen LogP contribution in [-0.4, -0.2) is 21.3 Å². The highest BCUT2D eigenvalue weighted by Gasteiger charge is 2.14. The average molecular weight is 325 g/mol. The maximum absolute atomic E-state index is 11.4. The topological polar surface area (TPSA) is 77.8 Å². The number of carboxylic acids is 1. The number of rotatable bonds is 3. The monoisotopic (exact) mass is 324 g/mol. The number of hydrogen-bond donors (Lipinski definition) is 3. The van der Waals surface area contributed by atoms with Gasteiger partial charge in [0.1, 0.15) is 11.5 Å². The highest BCUT2D eigenvalue weighted by molar-refractivity contribution is 6.37. The number of aromatic hydroxyl groups is 2. The number of phenols is 2. The number of carbonyl (C=O) groups is 1. The van der Waals surface area contributed by atoms with Crippen LogP contribution >= 0.6 is 23.2 Å². The van der Waals surface area contributed by atoms with E-state index in [9.17, 15) is 20.1 Å². The van der Waals surface area contributed by atoms with E-state index < -0.39 is 5.97 Å². The molecule has 0 saturated heterocycles. The summed E-state index contributed by atoms with van der Waals surface area (Å²) in [5.41, 5.74) is 0.536. The summed E-state index contributed by atoms with van der Waals surface area (Å²) in [6, 6.07) is 8.26. The Balaban J connectivity index is 2.57. The Morgan fingerprint density at radius 1 is 1.00 bits per heavy atom. The lowest BCUT2D eigenvalue weighted by Gasteiger charge is -2.07. The fourth-order valence-electron chi connectivity index (χ4n) is 1.83. The SMILES string of the molecule is O=C(O)/C(=C/c1cc(O)cc(O)c1)c1ccc(Cl)cc1Cl. The fraction of sp³-hybridized carbons (Fsp3) is 0. The number of phenolic OH excluding ortho intramolecular Hbond substituents is 2. The van der Waals surface area contributed by atoms with Crippen LogP contribution in [-0.2, 0) is 4.79 Å². The van der Waals surface area contributed by atoms with Crippen molar-refractivity contribution in [1.82, 2.24) is 0 Å². The Kier molecular flexibility index (Phi) is 4.40. The van der Waals surface area contributed by atoms with Gasteiger partial charge in [0, 0.05) is 16.7 Å². The van der Waals surface area contributed by atoms with Gasteiger partial charge in [-0.2, -0.15) is 0 Å². The van der Waals surface area contributed by atoms with Crippen LogP contribution in [0.4, 0.5) is 0 Å². The molecule has 0 aliphatic heterocycles. The zero-order valence-electron chi connectivity index (χ0n) is 10.5. The second-order valence-corrected chi connectivity index (χ2v) is 5.11. The maximum atomic E-state index is 11.4. The van der Waals surface area contributed by atoms with Gasteiger partial charge in [-0.15, -0.1) is 0 Å². The van der Waals surface area contributed by atoms with Crippen molar-refractivity contribution in [2.24, 2.45) is 0 Å². The maximum Gasteiger partial charge on any atom is 0.336 e. The molecule has 0 aliphatic rings. The van der Waals surface area contributed by atoms with Crippen LogP contribution in [0.3, 0.4) is 0 Å². The molecule has 0 atom stereocenters. The standard InChI is InChI=1S/C15H10Cl2O4/c16-9-1-2-12(14(17)6-9)13(15(20)21)5-8-3-10(18)7-11(19)4-8/h1-7,18-19H,(H,20,21)/b13-5+. The van der Waals surface area contributed by atoms with Crippen LogP contribution in [0.25, 0.3) is 11.6 Å². The van der Waals surface area contributed by atoms with E-state index in [2.05, 4.69) is 0 Å². The summed E-state index contributed by atoms with van der Waals surface area (Å²) in [4.78, 5) is 11.4. The van der Waals surface area contributed by atoms with E-state index >= 15 is 0 Å². The van der Waals surface area contributed by atoms with Gasteiger partial charge in [0.05, 0.1) is 10.6 Å². The van der Waals surface area contributed by atoms with Gasteiger partial charge in [0.25, 0.3) is 0 Å². The summed E-state index contributed by atoms with van der Waals surface area (Å²) in [7, 11) is 0. The van der Waals surface area contributed by atoms with Crippen LogP contribution in [0.5, 0.6) is 11.5 Å². The molecule has 0 saturated carbocycles. The fourth-order valence-corrected chi connectivity index (χ4v) is 2.34. The normalized spacial score (nSPS) is 11.4. The molecular weight excluding hydrogens is 315 g/mol. The molecule has 6 heteroatoms. The zero-order chi connectivity index (χ0) is 15.6. The predicted octanol–water partition coefficient (Wildman–Crippen LogP) is 4.03. The molecule has 4 nitrogen and oxygen atoms in total. The molecule has 0 aromatic heterocycles. The third-order valence-electron chi connectivity index (χ3n) is 2.69. The minimum absolute atomic E-state index is 0.0818. The number of aliphatic carboxylic acids is 1. The van der Waals surface area contributed by atoms with Crippen molar-refractivity contribution in [2.45, 2.75) is 0 Å². The molecule has 3 N–H and O–H groups in total. The van der Waals surface area contributed by atoms with Gasteiger partial charge >= 0.3 is 5.97 Å². The Morgan fingerprint density at radius 2 is 1.62 bits per heavy atom. The average Bonchev–Trinajstić information content (AvgIpc) is 2.35. The van der Waals surface area contributed by atoms with Crippen LogP contribution in [0.2, 0.25) is 10.0 Å². The Hall–Kier alpha value is -2.17. The molecule has 0 fully saturated rings. The van der Waals surface area contributed by atoms with Crippen molar-refractivity contribution >= 4 is 40.8 Å². The third kappa shape index (κ3) is 3.68. The summed E-state index contributed by atoms with van der Waals surface area (Å²) in [5, 5.41) is 28.8. The van der Waals surface area contributed by atoms with Crippen molar-refractivity contribution in [3.05, 3.63) is 57.6 Å². The number of hydrogen-bond acceptors (Lipinski definition) is 3. The molecule has 0 unspecified atom stereocenters. The van der Waals surface area contributed by atoms with Crippen molar-refractivity contribution < 1.29 is 20.1 Å². The molecule has 2 aromatic rings. The van der Waals surface area contributed by atoms with Gasteiger partial charge in [0.15, 0.2) is 0 Å². The van der Waals surface area contributed by atoms with Gasteiger partial charge in [-0.25, -0.2) is 4.79 Å². The Morgan fingerprint density at radius 3 is 2.14 bits per heavy atom. The first-order valence-corrected chi connectivity index (χ1v) is 6.56. The Labute approximate surface area is 130 Å². The highest BCUT2D eigenvalue weighted by Crippen LogP contribution is 2.30. The zero-order valence-corrected chi connectivity index (χ0v) is 12.1. The van der Waals surface area contributed by atoms with Crippen LogP contribution in [0, 0.1) is 0 Å². The van der Waals surface area contributed by atoms with E-state index in [4.69, 9.17) is 23.2 Å². The molecule has 0 spiro atoms. The van der Waals surface area contributed by atoms with E-state index in [1.165, 1.54) is 36.4 Å². The van der Waals surface area contributed by atoms with Crippen molar-refractivity contribution in [3.63, 3.8) is 0 Å². The van der Waals surface area contributed by atoms with E-state index in [1.54, 1.807) is 0 Å². The highest BCUT2D eigenvalue weighted by atomic mass is 35.5. The molecule has 0 radical (unpaired) electrons. The predicted molar refractivity (Wildman–Crippen MR) is 81.7 cm³/mol. The molecule has 2 rings (SSSR count). The van der Waals surface area contributed by atoms with Gasteiger partial charge in [-0.1, -0.05) is 29.3 Å². The first-order chi connectivity index (χ1) is 9.86. The van der Waals surface area contributed by atoms with E-state index in [1.807, 2.05) is 0 Å². The molecule has 2 aromatic carbocycles.